The highest BCUT2D eigenvalue weighted by Gasteiger charge is 2.01. The fourth-order valence-electron chi connectivity index (χ4n) is 2.02. The first-order chi connectivity index (χ1) is 7.58. The summed E-state index contributed by atoms with van der Waals surface area (Å²) in [7, 11) is 2.19. The third-order valence-corrected chi connectivity index (χ3v) is 2.63. The van der Waals surface area contributed by atoms with Crippen LogP contribution >= 0.6 is 0 Å². The lowest BCUT2D eigenvalue weighted by atomic mass is 10.1. The van der Waals surface area contributed by atoms with Crippen LogP contribution in [0, 0.1) is 5.92 Å². The van der Waals surface area contributed by atoms with Crippen LogP contribution in [0.1, 0.15) is 25.8 Å². The summed E-state index contributed by atoms with van der Waals surface area (Å²) in [6, 6.07) is 8.19. The maximum absolute atomic E-state index is 5.75. The minimum atomic E-state index is 0.748. The van der Waals surface area contributed by atoms with Crippen molar-refractivity contribution < 1.29 is 0 Å². The van der Waals surface area contributed by atoms with Gasteiger partial charge < -0.3 is 10.6 Å². The predicted molar refractivity (Wildman–Crippen MR) is 71.5 cm³/mol. The van der Waals surface area contributed by atoms with Crippen molar-refractivity contribution >= 4 is 5.69 Å². The van der Waals surface area contributed by atoms with Crippen LogP contribution in [0.15, 0.2) is 24.3 Å². The number of nitrogens with two attached hydrogens (primary N) is 1. The van der Waals surface area contributed by atoms with Crippen molar-refractivity contribution in [3.05, 3.63) is 29.8 Å². The van der Waals surface area contributed by atoms with E-state index in [0.717, 1.165) is 24.6 Å². The molecule has 2 nitrogen and oxygen atoms in total. The van der Waals surface area contributed by atoms with E-state index in [1.54, 1.807) is 0 Å². The van der Waals surface area contributed by atoms with Crippen molar-refractivity contribution in [1.29, 1.82) is 0 Å². The van der Waals surface area contributed by atoms with Gasteiger partial charge in [-0.1, -0.05) is 26.0 Å². The largest absolute Gasteiger partial charge is 0.399 e. The smallest absolute Gasteiger partial charge is 0.0316 e. The summed E-state index contributed by atoms with van der Waals surface area (Å²) in [5.74, 6) is 0.748. The van der Waals surface area contributed by atoms with Crippen LogP contribution in [-0.2, 0) is 6.42 Å². The van der Waals surface area contributed by atoms with Crippen molar-refractivity contribution in [3.63, 3.8) is 0 Å². The lowest BCUT2D eigenvalue weighted by Crippen LogP contribution is -2.24. The second-order valence-electron chi connectivity index (χ2n) is 5.00. The third-order valence-electron chi connectivity index (χ3n) is 2.63. The maximum atomic E-state index is 5.75. The first-order valence-electron chi connectivity index (χ1n) is 6.11. The van der Waals surface area contributed by atoms with Crippen LogP contribution in [-0.4, -0.2) is 25.0 Å². The van der Waals surface area contributed by atoms with Gasteiger partial charge in [0.25, 0.3) is 0 Å². The maximum Gasteiger partial charge on any atom is 0.0316 e. The van der Waals surface area contributed by atoms with Gasteiger partial charge in [0, 0.05) is 12.2 Å². The zero-order valence-electron chi connectivity index (χ0n) is 10.7. The topological polar surface area (TPSA) is 29.3 Å². The van der Waals surface area contributed by atoms with Gasteiger partial charge in [0.2, 0.25) is 0 Å². The Morgan fingerprint density at radius 3 is 2.69 bits per heavy atom. The molecule has 1 aromatic rings. The van der Waals surface area contributed by atoms with E-state index in [1.807, 2.05) is 12.1 Å². The number of hydrogen-bond donors (Lipinski definition) is 1. The molecule has 0 unspecified atom stereocenters. The van der Waals surface area contributed by atoms with Crippen molar-refractivity contribution in [1.82, 2.24) is 4.90 Å². The monoisotopic (exact) mass is 220 g/mol. The molecule has 90 valence electrons. The quantitative estimate of drug-likeness (QED) is 0.747. The van der Waals surface area contributed by atoms with Crippen LogP contribution in [0.5, 0.6) is 0 Å². The molecule has 0 amide bonds. The number of aryl methyl sites for hydroxylation is 1. The normalized spacial score (nSPS) is 11.3. The van der Waals surface area contributed by atoms with Gasteiger partial charge >= 0.3 is 0 Å². The molecule has 0 aliphatic heterocycles. The molecular formula is C14H24N2. The molecule has 0 radical (unpaired) electrons. The highest BCUT2D eigenvalue weighted by molar-refractivity contribution is 5.40. The molecule has 0 bridgehead atoms. The molecule has 2 N–H and O–H groups in total. The first kappa shape index (κ1) is 13.0. The third kappa shape index (κ3) is 5.17. The Balaban J connectivity index is 2.25. The molecule has 0 fully saturated rings. The van der Waals surface area contributed by atoms with E-state index in [2.05, 4.69) is 37.9 Å². The lowest BCUT2D eigenvalue weighted by Gasteiger charge is -2.18. The average molecular weight is 220 g/mol. The van der Waals surface area contributed by atoms with Gasteiger partial charge in [-0.05, 0) is 50.0 Å². The summed E-state index contributed by atoms with van der Waals surface area (Å²) in [6.45, 7) is 6.85. The average Bonchev–Trinajstić information content (AvgIpc) is 2.16. The van der Waals surface area contributed by atoms with Crippen LogP contribution in [0.25, 0.3) is 0 Å². The van der Waals surface area contributed by atoms with Crippen molar-refractivity contribution in [2.75, 3.05) is 25.9 Å². The molecule has 0 aliphatic rings. The Morgan fingerprint density at radius 2 is 2.06 bits per heavy atom. The summed E-state index contributed by atoms with van der Waals surface area (Å²) in [5.41, 5.74) is 7.96. The van der Waals surface area contributed by atoms with Gasteiger partial charge in [0.15, 0.2) is 0 Å². The lowest BCUT2D eigenvalue weighted by molar-refractivity contribution is 0.292. The van der Waals surface area contributed by atoms with Crippen LogP contribution < -0.4 is 5.73 Å². The zero-order chi connectivity index (χ0) is 12.0. The molecule has 0 aliphatic carbocycles. The fraction of sp³-hybridized carbons (Fsp3) is 0.571. The van der Waals surface area contributed by atoms with Gasteiger partial charge in [-0.3, -0.25) is 0 Å². The molecule has 1 aromatic carbocycles. The van der Waals surface area contributed by atoms with E-state index in [-0.39, 0.29) is 0 Å². The van der Waals surface area contributed by atoms with Crippen molar-refractivity contribution in [3.8, 4) is 0 Å². The SMILES string of the molecule is CC(C)CN(C)CCCc1cccc(N)c1. The molecule has 16 heavy (non-hydrogen) atoms. The van der Waals surface area contributed by atoms with E-state index in [9.17, 15) is 0 Å². The summed E-state index contributed by atoms with van der Waals surface area (Å²) in [5, 5.41) is 0. The van der Waals surface area contributed by atoms with Crippen LogP contribution in [0.3, 0.4) is 0 Å². The van der Waals surface area contributed by atoms with Crippen LogP contribution in [0.2, 0.25) is 0 Å². The van der Waals surface area contributed by atoms with Gasteiger partial charge in [0.05, 0.1) is 0 Å². The number of anilines is 1. The Kier molecular flexibility index (Phi) is 5.33. The molecule has 0 aromatic heterocycles. The van der Waals surface area contributed by atoms with E-state index < -0.39 is 0 Å². The van der Waals surface area contributed by atoms with E-state index in [1.165, 1.54) is 18.5 Å². The van der Waals surface area contributed by atoms with Gasteiger partial charge in [-0.25, -0.2) is 0 Å². The molecular weight excluding hydrogens is 196 g/mol. The highest BCUT2D eigenvalue weighted by atomic mass is 15.1. The summed E-state index contributed by atoms with van der Waals surface area (Å²) in [4.78, 5) is 2.40. The Morgan fingerprint density at radius 1 is 1.31 bits per heavy atom. The fourth-order valence-corrected chi connectivity index (χ4v) is 2.02. The Labute approximate surface area is 99.5 Å². The van der Waals surface area contributed by atoms with Crippen molar-refractivity contribution in [2.45, 2.75) is 26.7 Å². The number of nitrogen functional groups attached to an aromatic ring is 1. The molecule has 0 spiro atoms. The van der Waals surface area contributed by atoms with Gasteiger partial charge in [-0.2, -0.15) is 0 Å². The molecule has 1 rings (SSSR count). The molecule has 0 atom stereocenters. The zero-order valence-corrected chi connectivity index (χ0v) is 10.7. The van der Waals surface area contributed by atoms with Gasteiger partial charge in [0.1, 0.15) is 0 Å². The standard InChI is InChI=1S/C14H24N2/c1-12(2)11-16(3)9-5-7-13-6-4-8-14(15)10-13/h4,6,8,10,12H,5,7,9,11,15H2,1-3H3. The molecule has 2 heteroatoms. The van der Waals surface area contributed by atoms with E-state index >= 15 is 0 Å². The first-order valence-corrected chi connectivity index (χ1v) is 6.11. The number of nitrogens with zero attached hydrogens (tertiary/aromatic N) is 1. The second-order valence-corrected chi connectivity index (χ2v) is 5.00. The highest BCUT2D eigenvalue weighted by Crippen LogP contribution is 2.09. The minimum Gasteiger partial charge on any atom is -0.399 e. The molecule has 0 heterocycles. The van der Waals surface area contributed by atoms with E-state index in [0.29, 0.717) is 0 Å². The van der Waals surface area contributed by atoms with Crippen LogP contribution in [0.4, 0.5) is 5.69 Å². The number of rotatable bonds is 6. The van der Waals surface area contributed by atoms with Gasteiger partial charge in [-0.15, -0.1) is 0 Å². The minimum absolute atomic E-state index is 0.748. The number of hydrogen-bond acceptors (Lipinski definition) is 2. The number of benzene rings is 1. The summed E-state index contributed by atoms with van der Waals surface area (Å²) in [6.07, 6.45) is 2.32. The Bertz CT molecular complexity index is 307. The summed E-state index contributed by atoms with van der Waals surface area (Å²) >= 11 is 0. The second kappa shape index (κ2) is 6.54. The predicted octanol–water partition coefficient (Wildman–Crippen LogP) is 2.79. The van der Waals surface area contributed by atoms with E-state index in [4.69, 9.17) is 5.73 Å². The molecule has 0 saturated carbocycles. The molecule has 0 saturated heterocycles. The van der Waals surface area contributed by atoms with Crippen molar-refractivity contribution in [2.24, 2.45) is 5.92 Å². The Hall–Kier alpha value is -1.02. The summed E-state index contributed by atoms with van der Waals surface area (Å²) < 4.78 is 0.